The zero-order valence-corrected chi connectivity index (χ0v) is 14.9. The fraction of sp³-hybridized carbons (Fsp3) is 0.625. The van der Waals surface area contributed by atoms with E-state index in [1.54, 1.807) is 23.9 Å². The van der Waals surface area contributed by atoms with Crippen molar-refractivity contribution >= 4 is 21.8 Å². The summed E-state index contributed by atoms with van der Waals surface area (Å²) in [4.78, 5) is 3.87. The fourth-order valence-corrected chi connectivity index (χ4v) is 4.19. The van der Waals surface area contributed by atoms with Crippen molar-refractivity contribution in [2.24, 2.45) is 0 Å². The van der Waals surface area contributed by atoms with Crippen LogP contribution < -0.4 is 4.72 Å². The van der Waals surface area contributed by atoms with E-state index in [4.69, 9.17) is 0 Å². The Kier molecular flexibility index (Phi) is 7.21. The Morgan fingerprint density at radius 3 is 2.32 bits per heavy atom. The second-order valence-electron chi connectivity index (χ2n) is 5.68. The van der Waals surface area contributed by atoms with Crippen LogP contribution in [0.1, 0.15) is 32.1 Å². The molecule has 124 valence electrons. The Hall–Kier alpha value is -0.560. The van der Waals surface area contributed by atoms with E-state index in [0.717, 1.165) is 31.0 Å². The second-order valence-corrected chi connectivity index (χ2v) is 8.33. The first-order valence-corrected chi connectivity index (χ1v) is 10.7. The third-order valence-electron chi connectivity index (χ3n) is 4.01. The zero-order chi connectivity index (χ0) is 15.8. The molecule has 1 aliphatic heterocycles. The van der Waals surface area contributed by atoms with Gasteiger partial charge >= 0.3 is 0 Å². The van der Waals surface area contributed by atoms with E-state index >= 15 is 0 Å². The molecule has 0 aliphatic carbocycles. The van der Waals surface area contributed by atoms with E-state index in [1.165, 1.54) is 25.7 Å². The Morgan fingerprint density at radius 1 is 1.09 bits per heavy atom. The number of nitrogens with one attached hydrogen (secondary N) is 1. The Balaban J connectivity index is 1.76. The molecule has 6 heteroatoms. The van der Waals surface area contributed by atoms with Crippen molar-refractivity contribution in [3.8, 4) is 0 Å². The molecule has 0 unspecified atom stereocenters. The first kappa shape index (κ1) is 17.8. The zero-order valence-electron chi connectivity index (χ0n) is 13.3. The molecule has 0 amide bonds. The monoisotopic (exact) mass is 342 g/mol. The maximum Gasteiger partial charge on any atom is 0.240 e. The van der Waals surface area contributed by atoms with E-state index < -0.39 is 10.0 Å². The van der Waals surface area contributed by atoms with Gasteiger partial charge in [-0.05, 0) is 69.4 Å². The predicted octanol–water partition coefficient (Wildman–Crippen LogP) is 2.95. The maximum atomic E-state index is 12.2. The number of benzene rings is 1. The minimum atomic E-state index is -3.37. The van der Waals surface area contributed by atoms with Crippen molar-refractivity contribution in [2.45, 2.75) is 41.9 Å². The lowest BCUT2D eigenvalue weighted by atomic mass is 10.2. The van der Waals surface area contributed by atoms with Crippen LogP contribution in [-0.2, 0) is 10.0 Å². The fourth-order valence-electron chi connectivity index (χ4n) is 2.71. The lowest BCUT2D eigenvalue weighted by molar-refractivity contribution is 0.282. The Bertz CT molecular complexity index is 536. The topological polar surface area (TPSA) is 49.4 Å². The van der Waals surface area contributed by atoms with Gasteiger partial charge in [0, 0.05) is 11.4 Å². The van der Waals surface area contributed by atoms with Crippen LogP contribution in [0, 0.1) is 0 Å². The highest BCUT2D eigenvalue weighted by molar-refractivity contribution is 7.98. The molecular weight excluding hydrogens is 316 g/mol. The van der Waals surface area contributed by atoms with Gasteiger partial charge in [-0.15, -0.1) is 11.8 Å². The number of rotatable bonds is 7. The molecule has 22 heavy (non-hydrogen) atoms. The minimum Gasteiger partial charge on any atom is -0.303 e. The molecule has 0 spiro atoms. The van der Waals surface area contributed by atoms with Gasteiger partial charge in [0.15, 0.2) is 0 Å². The van der Waals surface area contributed by atoms with Gasteiger partial charge in [0.25, 0.3) is 0 Å². The molecule has 0 saturated carbocycles. The SMILES string of the molecule is CSc1ccc(S(=O)(=O)NCCCN2CCCCCC2)cc1. The van der Waals surface area contributed by atoms with Crippen LogP contribution in [0.25, 0.3) is 0 Å². The second kappa shape index (κ2) is 8.91. The molecule has 0 radical (unpaired) electrons. The van der Waals surface area contributed by atoms with Crippen LogP contribution in [-0.4, -0.2) is 45.8 Å². The van der Waals surface area contributed by atoms with Gasteiger partial charge in [-0.3, -0.25) is 0 Å². The van der Waals surface area contributed by atoms with Crippen LogP contribution in [0.15, 0.2) is 34.1 Å². The molecule has 1 aromatic rings. The van der Waals surface area contributed by atoms with Gasteiger partial charge in [-0.25, -0.2) is 13.1 Å². The van der Waals surface area contributed by atoms with Crippen LogP contribution in [0.5, 0.6) is 0 Å². The summed E-state index contributed by atoms with van der Waals surface area (Å²) in [7, 11) is -3.37. The average molecular weight is 343 g/mol. The van der Waals surface area contributed by atoms with Crippen molar-refractivity contribution < 1.29 is 8.42 Å². The van der Waals surface area contributed by atoms with E-state index in [9.17, 15) is 8.42 Å². The van der Waals surface area contributed by atoms with Crippen LogP contribution in [0.3, 0.4) is 0 Å². The number of hydrogen-bond donors (Lipinski definition) is 1. The van der Waals surface area contributed by atoms with Crippen molar-refractivity contribution in [1.29, 1.82) is 0 Å². The molecular formula is C16H26N2O2S2. The van der Waals surface area contributed by atoms with Crippen LogP contribution in [0.2, 0.25) is 0 Å². The van der Waals surface area contributed by atoms with Gasteiger partial charge in [0.05, 0.1) is 4.90 Å². The minimum absolute atomic E-state index is 0.347. The van der Waals surface area contributed by atoms with Crippen LogP contribution >= 0.6 is 11.8 Å². The lowest BCUT2D eigenvalue weighted by Crippen LogP contribution is -2.30. The molecule has 0 bridgehead atoms. The van der Waals surface area contributed by atoms with Crippen LogP contribution in [0.4, 0.5) is 0 Å². The van der Waals surface area contributed by atoms with E-state index in [1.807, 2.05) is 18.4 Å². The van der Waals surface area contributed by atoms with E-state index in [0.29, 0.717) is 11.4 Å². The summed E-state index contributed by atoms with van der Waals surface area (Å²) in [6, 6.07) is 7.03. The third kappa shape index (κ3) is 5.57. The van der Waals surface area contributed by atoms with Crippen molar-refractivity contribution in [1.82, 2.24) is 9.62 Å². The lowest BCUT2D eigenvalue weighted by Gasteiger charge is -2.19. The summed E-state index contributed by atoms with van der Waals surface area (Å²) in [5, 5.41) is 0. The van der Waals surface area contributed by atoms with Crippen molar-refractivity contribution in [3.63, 3.8) is 0 Å². The number of sulfonamides is 1. The first-order chi connectivity index (χ1) is 10.6. The molecule has 2 rings (SSSR count). The molecule has 1 N–H and O–H groups in total. The summed E-state index contributed by atoms with van der Waals surface area (Å²) in [6.07, 6.45) is 8.04. The molecule has 1 fully saturated rings. The summed E-state index contributed by atoms with van der Waals surface area (Å²) in [6.45, 7) is 3.79. The molecule has 1 aliphatic rings. The number of nitrogens with zero attached hydrogens (tertiary/aromatic N) is 1. The third-order valence-corrected chi connectivity index (χ3v) is 6.23. The van der Waals surface area contributed by atoms with Gasteiger partial charge in [-0.1, -0.05) is 12.8 Å². The molecule has 1 aromatic carbocycles. The van der Waals surface area contributed by atoms with Gasteiger partial charge < -0.3 is 4.90 Å². The highest BCUT2D eigenvalue weighted by Crippen LogP contribution is 2.17. The number of hydrogen-bond acceptors (Lipinski definition) is 4. The highest BCUT2D eigenvalue weighted by Gasteiger charge is 2.14. The van der Waals surface area contributed by atoms with Gasteiger partial charge in [0.1, 0.15) is 0 Å². The Labute approximate surface area is 138 Å². The highest BCUT2D eigenvalue weighted by atomic mass is 32.2. The number of thioether (sulfide) groups is 1. The molecule has 0 atom stereocenters. The summed E-state index contributed by atoms with van der Waals surface area (Å²) < 4.78 is 27.1. The summed E-state index contributed by atoms with van der Waals surface area (Å²) in [5.41, 5.74) is 0. The summed E-state index contributed by atoms with van der Waals surface area (Å²) >= 11 is 1.61. The summed E-state index contributed by atoms with van der Waals surface area (Å²) in [5.74, 6) is 0. The van der Waals surface area contributed by atoms with Crippen molar-refractivity contribution in [2.75, 3.05) is 32.4 Å². The predicted molar refractivity (Wildman–Crippen MR) is 92.9 cm³/mol. The molecule has 1 saturated heterocycles. The van der Waals surface area contributed by atoms with Gasteiger partial charge in [-0.2, -0.15) is 0 Å². The standard InChI is InChI=1S/C16H26N2O2S2/c1-21-15-7-9-16(10-8-15)22(19,20)17-11-6-14-18-12-4-2-3-5-13-18/h7-10,17H,2-6,11-14H2,1H3. The normalized spacial score (nSPS) is 17.3. The van der Waals surface area contributed by atoms with Crippen molar-refractivity contribution in [3.05, 3.63) is 24.3 Å². The maximum absolute atomic E-state index is 12.2. The quantitative estimate of drug-likeness (QED) is 0.611. The first-order valence-electron chi connectivity index (χ1n) is 7.98. The number of likely N-dealkylation sites (tertiary alicyclic amines) is 1. The van der Waals surface area contributed by atoms with E-state index in [-0.39, 0.29) is 0 Å². The molecule has 1 heterocycles. The largest absolute Gasteiger partial charge is 0.303 e. The smallest absolute Gasteiger partial charge is 0.240 e. The molecule has 4 nitrogen and oxygen atoms in total. The Morgan fingerprint density at radius 2 is 1.73 bits per heavy atom. The van der Waals surface area contributed by atoms with Gasteiger partial charge in [0.2, 0.25) is 10.0 Å². The molecule has 0 aromatic heterocycles. The van der Waals surface area contributed by atoms with E-state index in [2.05, 4.69) is 9.62 Å². The average Bonchev–Trinajstić information content (AvgIpc) is 2.80.